The van der Waals surface area contributed by atoms with Gasteiger partial charge in [0.1, 0.15) is 5.65 Å². The van der Waals surface area contributed by atoms with E-state index in [9.17, 15) is 14.7 Å². The molecule has 0 aliphatic heterocycles. The third kappa shape index (κ3) is 3.13. The lowest BCUT2D eigenvalue weighted by Crippen LogP contribution is -2.36. The summed E-state index contributed by atoms with van der Waals surface area (Å²) in [6, 6.07) is 0.102. The van der Waals surface area contributed by atoms with Crippen molar-refractivity contribution >= 4 is 17.6 Å². The molecule has 0 saturated heterocycles. The molecule has 2 saturated carbocycles. The molecular weight excluding hydrogens is 332 g/mol. The van der Waals surface area contributed by atoms with E-state index in [0.717, 1.165) is 18.4 Å². The summed E-state index contributed by atoms with van der Waals surface area (Å²) in [4.78, 5) is 25.6. The van der Waals surface area contributed by atoms with E-state index >= 15 is 0 Å². The molecule has 0 bridgehead atoms. The number of fused-ring (bicyclic) bond motifs is 1. The van der Waals surface area contributed by atoms with Gasteiger partial charge in [-0.25, -0.2) is 0 Å². The third-order valence-corrected chi connectivity index (χ3v) is 4.77. The van der Waals surface area contributed by atoms with E-state index in [2.05, 4.69) is 16.5 Å². The number of aromatic hydroxyl groups is 1. The molecule has 0 unspecified atom stereocenters. The molecule has 1 amide bonds. The summed E-state index contributed by atoms with van der Waals surface area (Å²) in [6.45, 7) is 4.47. The zero-order chi connectivity index (χ0) is 18.4. The highest BCUT2D eigenvalue weighted by Gasteiger charge is 2.29. The van der Waals surface area contributed by atoms with Crippen molar-refractivity contribution in [2.75, 3.05) is 0 Å². The molecule has 2 heterocycles. The molecule has 2 N–H and O–H groups in total. The molecule has 2 aromatic rings. The van der Waals surface area contributed by atoms with Crippen LogP contribution in [-0.4, -0.2) is 31.2 Å². The van der Waals surface area contributed by atoms with Gasteiger partial charge in [-0.15, -0.1) is 0 Å². The highest BCUT2D eigenvalue weighted by Crippen LogP contribution is 2.31. The SMILES string of the molecule is CC(C)Cn1c(=O)c(C(=O)NC2CC2)c(O)n2ncc(/C=C/C3CC3)c12. The van der Waals surface area contributed by atoms with Gasteiger partial charge in [0.2, 0.25) is 5.88 Å². The Bertz CT molecular complexity index is 946. The van der Waals surface area contributed by atoms with Crippen LogP contribution in [0.1, 0.15) is 55.5 Å². The lowest BCUT2D eigenvalue weighted by atomic mass is 10.2. The summed E-state index contributed by atoms with van der Waals surface area (Å²) in [5.74, 6) is -0.128. The van der Waals surface area contributed by atoms with Gasteiger partial charge in [0.25, 0.3) is 11.5 Å². The Balaban J connectivity index is 1.88. The predicted octanol–water partition coefficient (Wildman–Crippen LogP) is 2.17. The Kier molecular flexibility index (Phi) is 4.09. The van der Waals surface area contributed by atoms with Gasteiger partial charge >= 0.3 is 0 Å². The van der Waals surface area contributed by atoms with E-state index in [1.54, 1.807) is 10.8 Å². The van der Waals surface area contributed by atoms with Gasteiger partial charge in [-0.05, 0) is 37.5 Å². The topological polar surface area (TPSA) is 88.6 Å². The van der Waals surface area contributed by atoms with E-state index < -0.39 is 17.3 Å². The van der Waals surface area contributed by atoms with E-state index in [1.165, 1.54) is 17.4 Å². The number of nitrogens with one attached hydrogen (secondary N) is 1. The average molecular weight is 356 g/mol. The fourth-order valence-electron chi connectivity index (χ4n) is 3.08. The molecule has 26 heavy (non-hydrogen) atoms. The van der Waals surface area contributed by atoms with Crippen LogP contribution in [0.4, 0.5) is 0 Å². The fourth-order valence-corrected chi connectivity index (χ4v) is 3.08. The fraction of sp³-hybridized carbons (Fsp3) is 0.526. The minimum absolute atomic E-state index is 0.102. The second kappa shape index (κ2) is 6.30. The van der Waals surface area contributed by atoms with Crippen LogP contribution in [-0.2, 0) is 6.54 Å². The zero-order valence-corrected chi connectivity index (χ0v) is 15.1. The summed E-state index contributed by atoms with van der Waals surface area (Å²) in [7, 11) is 0. The minimum atomic E-state index is -0.528. The Morgan fingerprint density at radius 2 is 2.12 bits per heavy atom. The Morgan fingerprint density at radius 3 is 2.73 bits per heavy atom. The number of hydrogen-bond donors (Lipinski definition) is 2. The van der Waals surface area contributed by atoms with Crippen LogP contribution in [0.2, 0.25) is 0 Å². The summed E-state index contributed by atoms with van der Waals surface area (Å²) in [5, 5.41) is 17.6. The van der Waals surface area contributed by atoms with Crippen molar-refractivity contribution < 1.29 is 9.90 Å². The van der Waals surface area contributed by atoms with Crippen LogP contribution in [0.5, 0.6) is 5.88 Å². The Hall–Kier alpha value is -2.57. The molecule has 2 aliphatic rings. The number of amides is 1. The smallest absolute Gasteiger partial charge is 0.270 e. The lowest BCUT2D eigenvalue weighted by molar-refractivity contribution is 0.0944. The number of nitrogens with zero attached hydrogens (tertiary/aromatic N) is 3. The van der Waals surface area contributed by atoms with Crippen molar-refractivity contribution in [3.05, 3.63) is 33.8 Å². The number of allylic oxidation sites excluding steroid dienone is 1. The van der Waals surface area contributed by atoms with Crippen LogP contribution in [0.25, 0.3) is 11.7 Å². The Labute approximate surface area is 151 Å². The predicted molar refractivity (Wildman–Crippen MR) is 98.2 cm³/mol. The average Bonchev–Trinajstić information content (AvgIpc) is 3.50. The molecule has 0 atom stereocenters. The van der Waals surface area contributed by atoms with E-state index in [1.807, 2.05) is 19.9 Å². The molecule has 2 aliphatic carbocycles. The number of carbonyl (C=O) groups is 1. The van der Waals surface area contributed by atoms with Gasteiger partial charge < -0.3 is 10.4 Å². The molecule has 2 fully saturated rings. The molecular formula is C19H24N4O3. The zero-order valence-electron chi connectivity index (χ0n) is 15.1. The van der Waals surface area contributed by atoms with Crippen LogP contribution in [0, 0.1) is 11.8 Å². The molecule has 4 rings (SSSR count). The van der Waals surface area contributed by atoms with Gasteiger partial charge in [0, 0.05) is 18.2 Å². The van der Waals surface area contributed by atoms with Gasteiger partial charge in [-0.1, -0.05) is 26.0 Å². The van der Waals surface area contributed by atoms with Crippen molar-refractivity contribution in [1.82, 2.24) is 19.5 Å². The van der Waals surface area contributed by atoms with Crippen molar-refractivity contribution in [1.29, 1.82) is 0 Å². The molecule has 0 spiro atoms. The van der Waals surface area contributed by atoms with Crippen molar-refractivity contribution in [3.63, 3.8) is 0 Å². The quantitative estimate of drug-likeness (QED) is 0.830. The first-order valence-electron chi connectivity index (χ1n) is 9.28. The number of hydrogen-bond acceptors (Lipinski definition) is 4. The number of aromatic nitrogens is 3. The van der Waals surface area contributed by atoms with Gasteiger partial charge in [0.15, 0.2) is 5.56 Å². The first kappa shape index (κ1) is 16.9. The molecule has 138 valence electrons. The first-order valence-corrected chi connectivity index (χ1v) is 9.28. The minimum Gasteiger partial charge on any atom is -0.492 e. The largest absolute Gasteiger partial charge is 0.492 e. The van der Waals surface area contributed by atoms with E-state index in [4.69, 9.17) is 0 Å². The van der Waals surface area contributed by atoms with Gasteiger partial charge in [0.05, 0.1) is 6.20 Å². The van der Waals surface area contributed by atoms with E-state index in [0.29, 0.717) is 18.1 Å². The van der Waals surface area contributed by atoms with Crippen LogP contribution in [0.3, 0.4) is 0 Å². The molecule has 0 aromatic carbocycles. The van der Waals surface area contributed by atoms with Gasteiger partial charge in [-0.2, -0.15) is 9.61 Å². The second-order valence-corrected chi connectivity index (χ2v) is 7.79. The van der Waals surface area contributed by atoms with Crippen LogP contribution < -0.4 is 10.9 Å². The summed E-state index contributed by atoms with van der Waals surface area (Å²) in [5.41, 5.74) is 0.606. The number of carbonyl (C=O) groups excluding carboxylic acids is 1. The Morgan fingerprint density at radius 1 is 1.38 bits per heavy atom. The molecule has 7 heteroatoms. The summed E-state index contributed by atoms with van der Waals surface area (Å²) in [6.07, 6.45) is 9.90. The van der Waals surface area contributed by atoms with Gasteiger partial charge in [-0.3, -0.25) is 14.2 Å². The number of rotatable bonds is 6. The summed E-state index contributed by atoms with van der Waals surface area (Å²) >= 11 is 0. The lowest BCUT2D eigenvalue weighted by Gasteiger charge is -2.15. The summed E-state index contributed by atoms with van der Waals surface area (Å²) < 4.78 is 2.87. The standard InChI is InChI=1S/C19H24N4O3/c1-11(2)10-22-17-13(6-5-12-3-4-12)9-20-23(17)19(26)15(18(22)25)16(24)21-14-7-8-14/h5-6,9,11-12,14,26H,3-4,7-8,10H2,1-2H3,(H,21,24)/b6-5+. The van der Waals surface area contributed by atoms with E-state index in [-0.39, 0.29) is 17.5 Å². The maximum Gasteiger partial charge on any atom is 0.270 e. The highest BCUT2D eigenvalue weighted by atomic mass is 16.3. The molecule has 2 aromatic heterocycles. The second-order valence-electron chi connectivity index (χ2n) is 7.79. The molecule has 0 radical (unpaired) electrons. The van der Waals surface area contributed by atoms with Crippen LogP contribution >= 0.6 is 0 Å². The van der Waals surface area contributed by atoms with Crippen molar-refractivity contribution in [3.8, 4) is 5.88 Å². The monoisotopic (exact) mass is 356 g/mol. The third-order valence-electron chi connectivity index (χ3n) is 4.77. The normalized spacial score (nSPS) is 17.5. The maximum absolute atomic E-state index is 13.1. The highest BCUT2D eigenvalue weighted by molar-refractivity contribution is 5.96. The van der Waals surface area contributed by atoms with Crippen molar-refractivity contribution in [2.24, 2.45) is 11.8 Å². The molecule has 7 nitrogen and oxygen atoms in total. The first-order chi connectivity index (χ1) is 12.5. The maximum atomic E-state index is 13.1. The van der Waals surface area contributed by atoms with Crippen LogP contribution in [0.15, 0.2) is 17.1 Å². The van der Waals surface area contributed by atoms with Crippen molar-refractivity contribution in [2.45, 2.75) is 52.1 Å².